The Labute approximate surface area is 169 Å². The van der Waals surface area contributed by atoms with E-state index in [1.54, 1.807) is 18.5 Å². The molecular weight excluding hydrogens is 455 g/mol. The molecule has 1 amide bonds. The molecule has 1 saturated carbocycles. The van der Waals surface area contributed by atoms with Gasteiger partial charge in [-0.1, -0.05) is 30.7 Å². The van der Waals surface area contributed by atoms with Crippen LogP contribution >= 0.6 is 22.6 Å². The third kappa shape index (κ3) is 3.51. The van der Waals surface area contributed by atoms with Gasteiger partial charge in [0.15, 0.2) is 3.83 Å². The van der Waals surface area contributed by atoms with E-state index in [4.69, 9.17) is 0 Å². The number of aromatic nitrogens is 3. The number of halogens is 1. The molecule has 0 aliphatic heterocycles. The number of carbonyl (C=O) groups is 1. The van der Waals surface area contributed by atoms with Gasteiger partial charge in [0.25, 0.3) is 0 Å². The monoisotopic (exact) mass is 472 g/mol. The number of aromatic amines is 1. The van der Waals surface area contributed by atoms with Crippen LogP contribution in [0.25, 0.3) is 11.1 Å². The first-order valence-corrected chi connectivity index (χ1v) is 9.73. The largest absolute Gasteiger partial charge is 0.327 e. The van der Waals surface area contributed by atoms with Crippen molar-refractivity contribution in [1.29, 1.82) is 0 Å². The third-order valence-electron chi connectivity index (χ3n) is 5.07. The summed E-state index contributed by atoms with van der Waals surface area (Å²) >= 11 is 2.08. The van der Waals surface area contributed by atoms with E-state index in [2.05, 4.69) is 42.9 Å². The molecule has 1 aliphatic rings. The van der Waals surface area contributed by atoms with Crippen LogP contribution < -0.4 is 10.9 Å². The van der Waals surface area contributed by atoms with Crippen LogP contribution in [0.2, 0.25) is 0 Å². The molecular formula is C20H17IN4O2. The molecule has 2 aromatic heterocycles. The topological polar surface area (TPSA) is 87.7 Å². The SMILES string of the molecule is O=C(Nc1ccc(=O)[nH]c1)C1(c2ccc(-c3cnc(I)nc3)cc2)CCC1. The van der Waals surface area contributed by atoms with Crippen molar-refractivity contribution in [1.82, 2.24) is 15.0 Å². The van der Waals surface area contributed by atoms with E-state index in [0.717, 1.165) is 36.0 Å². The summed E-state index contributed by atoms with van der Waals surface area (Å²) in [5, 5.41) is 2.93. The maximum absolute atomic E-state index is 13.0. The fourth-order valence-corrected chi connectivity index (χ4v) is 3.64. The van der Waals surface area contributed by atoms with Crippen molar-refractivity contribution < 1.29 is 4.79 Å². The average molecular weight is 472 g/mol. The summed E-state index contributed by atoms with van der Waals surface area (Å²) in [5.41, 5.74) is 2.86. The molecule has 1 aromatic carbocycles. The lowest BCUT2D eigenvalue weighted by Crippen LogP contribution is -2.46. The van der Waals surface area contributed by atoms with E-state index >= 15 is 0 Å². The van der Waals surface area contributed by atoms with Crippen molar-refractivity contribution in [3.8, 4) is 11.1 Å². The number of hydrogen-bond donors (Lipinski definition) is 2. The van der Waals surface area contributed by atoms with Gasteiger partial charge < -0.3 is 10.3 Å². The van der Waals surface area contributed by atoms with Gasteiger partial charge in [0.05, 0.1) is 11.1 Å². The first kappa shape index (κ1) is 17.8. The minimum Gasteiger partial charge on any atom is -0.327 e. The first-order chi connectivity index (χ1) is 13.1. The molecule has 2 heterocycles. The molecule has 27 heavy (non-hydrogen) atoms. The summed E-state index contributed by atoms with van der Waals surface area (Å²) in [4.78, 5) is 35.2. The minimum atomic E-state index is -0.517. The summed E-state index contributed by atoms with van der Waals surface area (Å²) in [6.45, 7) is 0. The van der Waals surface area contributed by atoms with E-state index in [-0.39, 0.29) is 11.5 Å². The maximum Gasteiger partial charge on any atom is 0.248 e. The van der Waals surface area contributed by atoms with Crippen molar-refractivity contribution in [2.45, 2.75) is 24.7 Å². The van der Waals surface area contributed by atoms with Crippen LogP contribution in [0.15, 0.2) is 59.8 Å². The van der Waals surface area contributed by atoms with Gasteiger partial charge >= 0.3 is 0 Å². The van der Waals surface area contributed by atoms with Crippen molar-refractivity contribution in [2.75, 3.05) is 5.32 Å². The van der Waals surface area contributed by atoms with Crippen molar-refractivity contribution in [3.63, 3.8) is 0 Å². The Hall–Kier alpha value is -2.55. The predicted octanol–water partition coefficient (Wildman–Crippen LogP) is 3.50. The van der Waals surface area contributed by atoms with E-state index in [0.29, 0.717) is 9.52 Å². The van der Waals surface area contributed by atoms with Gasteiger partial charge in [0.1, 0.15) is 0 Å². The van der Waals surface area contributed by atoms with Crippen molar-refractivity contribution in [3.05, 3.63) is 74.7 Å². The van der Waals surface area contributed by atoms with Gasteiger partial charge in [0.2, 0.25) is 11.5 Å². The quantitative estimate of drug-likeness (QED) is 0.450. The molecule has 2 N–H and O–H groups in total. The average Bonchev–Trinajstić information content (AvgIpc) is 2.64. The number of H-pyrrole nitrogens is 1. The van der Waals surface area contributed by atoms with Crippen LogP contribution in [0.4, 0.5) is 5.69 Å². The number of anilines is 1. The molecule has 1 aliphatic carbocycles. The fraction of sp³-hybridized carbons (Fsp3) is 0.200. The third-order valence-corrected chi connectivity index (χ3v) is 5.63. The Morgan fingerprint density at radius 1 is 1.04 bits per heavy atom. The van der Waals surface area contributed by atoms with E-state index in [1.807, 2.05) is 24.3 Å². The zero-order chi connectivity index (χ0) is 18.9. The molecule has 0 atom stereocenters. The maximum atomic E-state index is 13.0. The zero-order valence-corrected chi connectivity index (χ0v) is 16.6. The molecule has 6 nitrogen and oxygen atoms in total. The predicted molar refractivity (Wildman–Crippen MR) is 111 cm³/mol. The molecule has 1 fully saturated rings. The summed E-state index contributed by atoms with van der Waals surface area (Å²) in [6, 6.07) is 11.1. The number of benzene rings is 1. The van der Waals surface area contributed by atoms with Crippen LogP contribution in [-0.4, -0.2) is 20.9 Å². The van der Waals surface area contributed by atoms with Gasteiger partial charge in [-0.05, 0) is 30.0 Å². The Morgan fingerprint density at radius 2 is 1.74 bits per heavy atom. The van der Waals surface area contributed by atoms with E-state index in [1.165, 1.54) is 12.3 Å². The van der Waals surface area contributed by atoms with E-state index in [9.17, 15) is 9.59 Å². The normalized spacial score (nSPS) is 15.0. The zero-order valence-electron chi connectivity index (χ0n) is 14.4. The number of rotatable bonds is 4. The molecule has 0 spiro atoms. The second kappa shape index (κ2) is 7.22. The van der Waals surface area contributed by atoms with Gasteiger partial charge in [-0.15, -0.1) is 0 Å². The smallest absolute Gasteiger partial charge is 0.248 e. The second-order valence-electron chi connectivity index (χ2n) is 6.65. The van der Waals surface area contributed by atoms with Crippen molar-refractivity contribution >= 4 is 34.2 Å². The Morgan fingerprint density at radius 3 is 2.30 bits per heavy atom. The summed E-state index contributed by atoms with van der Waals surface area (Å²) in [7, 11) is 0. The number of carbonyl (C=O) groups excluding carboxylic acids is 1. The fourth-order valence-electron chi connectivity index (χ4n) is 3.36. The van der Waals surface area contributed by atoms with Gasteiger partial charge in [-0.3, -0.25) is 9.59 Å². The summed E-state index contributed by atoms with van der Waals surface area (Å²) in [6.07, 6.45) is 7.76. The molecule has 7 heteroatoms. The first-order valence-electron chi connectivity index (χ1n) is 8.65. The number of nitrogens with zero attached hydrogens (tertiary/aromatic N) is 2. The highest BCUT2D eigenvalue weighted by Crippen LogP contribution is 2.45. The van der Waals surface area contributed by atoms with Gasteiger partial charge in [-0.2, -0.15) is 0 Å². The highest BCUT2D eigenvalue weighted by atomic mass is 127. The molecule has 0 radical (unpaired) electrons. The van der Waals surface area contributed by atoms with Crippen LogP contribution in [0, 0.1) is 3.83 Å². The Kier molecular flexibility index (Phi) is 4.77. The molecule has 0 saturated heterocycles. The lowest BCUT2D eigenvalue weighted by Gasteiger charge is -2.40. The van der Waals surface area contributed by atoms with Gasteiger partial charge in [0, 0.05) is 52.8 Å². The highest BCUT2D eigenvalue weighted by Gasteiger charge is 2.45. The second-order valence-corrected chi connectivity index (χ2v) is 7.61. The Balaban J connectivity index is 1.57. The standard InChI is InChI=1S/C20H17IN4O2/c21-19-23-10-14(11-24-19)13-2-4-15(5-3-13)20(8-1-9-20)18(27)25-16-6-7-17(26)22-12-16/h2-7,10-12H,1,8-9H2,(H,22,26)(H,25,27). The van der Waals surface area contributed by atoms with Crippen LogP contribution in [0.1, 0.15) is 24.8 Å². The van der Waals surface area contributed by atoms with Crippen LogP contribution in [-0.2, 0) is 10.2 Å². The van der Waals surface area contributed by atoms with E-state index < -0.39 is 5.41 Å². The lowest BCUT2D eigenvalue weighted by atomic mass is 9.63. The number of hydrogen-bond acceptors (Lipinski definition) is 4. The van der Waals surface area contributed by atoms with Crippen molar-refractivity contribution in [2.24, 2.45) is 0 Å². The summed E-state index contributed by atoms with van der Waals surface area (Å²) in [5.74, 6) is -0.0360. The van der Waals surface area contributed by atoms with Crippen LogP contribution in [0.5, 0.6) is 0 Å². The highest BCUT2D eigenvalue weighted by molar-refractivity contribution is 14.1. The lowest BCUT2D eigenvalue weighted by molar-refractivity contribution is -0.124. The molecule has 3 aromatic rings. The summed E-state index contributed by atoms with van der Waals surface area (Å²) < 4.78 is 0.709. The number of amides is 1. The Bertz CT molecular complexity index is 1000. The molecule has 4 rings (SSSR count). The minimum absolute atomic E-state index is 0.0360. The van der Waals surface area contributed by atoms with Crippen LogP contribution in [0.3, 0.4) is 0 Å². The molecule has 0 bridgehead atoms. The molecule has 0 unspecified atom stereocenters. The molecule has 136 valence electrons. The number of pyridine rings is 1. The number of nitrogens with one attached hydrogen (secondary N) is 2. The van der Waals surface area contributed by atoms with Gasteiger partial charge in [-0.25, -0.2) is 9.97 Å².